The summed E-state index contributed by atoms with van der Waals surface area (Å²) in [5, 5.41) is 0. The van der Waals surface area contributed by atoms with E-state index in [1.165, 1.54) is 12.8 Å². The van der Waals surface area contributed by atoms with Crippen molar-refractivity contribution in [2.45, 2.75) is 24.4 Å². The van der Waals surface area contributed by atoms with Crippen molar-refractivity contribution >= 4 is 11.6 Å². The normalized spacial score (nSPS) is 53.4. The van der Waals surface area contributed by atoms with E-state index in [1.54, 1.807) is 0 Å². The highest BCUT2D eigenvalue weighted by atomic mass is 35.5. The number of hydrogen-bond donors (Lipinski definition) is 1. The SMILES string of the molecule is N[C@@H]1C2CCN(CC2)C1Cl. The largest absolute Gasteiger partial charge is 0.325 e. The molecule has 2 atom stereocenters. The van der Waals surface area contributed by atoms with Crippen molar-refractivity contribution in [3.63, 3.8) is 0 Å². The van der Waals surface area contributed by atoms with E-state index in [-0.39, 0.29) is 11.5 Å². The third kappa shape index (κ3) is 0.865. The molecule has 2 N–H and O–H groups in total. The van der Waals surface area contributed by atoms with Gasteiger partial charge in [0.2, 0.25) is 0 Å². The van der Waals surface area contributed by atoms with E-state index in [4.69, 9.17) is 17.3 Å². The quantitative estimate of drug-likeness (QED) is 0.416. The summed E-state index contributed by atoms with van der Waals surface area (Å²) in [7, 11) is 0. The summed E-state index contributed by atoms with van der Waals surface area (Å²) in [6.45, 7) is 2.32. The van der Waals surface area contributed by atoms with Gasteiger partial charge in [-0.3, -0.25) is 4.90 Å². The van der Waals surface area contributed by atoms with E-state index >= 15 is 0 Å². The summed E-state index contributed by atoms with van der Waals surface area (Å²) >= 11 is 6.06. The number of rotatable bonds is 0. The Labute approximate surface area is 66.3 Å². The number of fused-ring (bicyclic) bond motifs is 3. The predicted octanol–water partition coefficient (Wildman–Crippen LogP) is 0.604. The van der Waals surface area contributed by atoms with Crippen LogP contribution >= 0.6 is 11.6 Å². The molecule has 0 aromatic rings. The van der Waals surface area contributed by atoms with Gasteiger partial charge in [0.05, 0.1) is 0 Å². The van der Waals surface area contributed by atoms with E-state index in [1.807, 2.05) is 0 Å². The van der Waals surface area contributed by atoms with E-state index in [2.05, 4.69) is 4.90 Å². The van der Waals surface area contributed by atoms with Crippen LogP contribution < -0.4 is 5.73 Å². The molecule has 3 fully saturated rings. The third-order valence-corrected chi connectivity index (χ3v) is 3.35. The van der Waals surface area contributed by atoms with Crippen molar-refractivity contribution in [3.8, 4) is 0 Å². The van der Waals surface area contributed by atoms with Gasteiger partial charge in [-0.05, 0) is 31.8 Å². The van der Waals surface area contributed by atoms with Gasteiger partial charge in [0.25, 0.3) is 0 Å². The molecule has 0 aromatic heterocycles. The molecule has 3 heterocycles. The fourth-order valence-electron chi connectivity index (χ4n) is 2.02. The number of halogens is 1. The van der Waals surface area contributed by atoms with E-state index < -0.39 is 0 Å². The average molecular weight is 161 g/mol. The number of piperidine rings is 3. The lowest BCUT2D eigenvalue weighted by atomic mass is 9.84. The molecule has 2 bridgehead atoms. The summed E-state index contributed by atoms with van der Waals surface area (Å²) in [5.41, 5.74) is 6.01. The van der Waals surface area contributed by atoms with E-state index in [0.29, 0.717) is 5.92 Å². The van der Waals surface area contributed by atoms with Crippen molar-refractivity contribution in [1.82, 2.24) is 4.90 Å². The van der Waals surface area contributed by atoms with Gasteiger partial charge in [0, 0.05) is 6.04 Å². The minimum Gasteiger partial charge on any atom is -0.325 e. The van der Waals surface area contributed by atoms with Crippen molar-refractivity contribution in [2.75, 3.05) is 13.1 Å². The molecule has 0 aliphatic carbocycles. The maximum Gasteiger partial charge on any atom is 0.101 e. The standard InChI is InChI=1S/C7H13ClN2/c8-7-6(9)5-1-3-10(7)4-2-5/h5-7H,1-4,9H2/t6-,7?/m1/s1. The summed E-state index contributed by atoms with van der Waals surface area (Å²) < 4.78 is 0. The van der Waals surface area contributed by atoms with Crippen molar-refractivity contribution in [3.05, 3.63) is 0 Å². The van der Waals surface area contributed by atoms with Crippen molar-refractivity contribution in [2.24, 2.45) is 11.7 Å². The lowest BCUT2D eigenvalue weighted by Gasteiger charge is -2.46. The van der Waals surface area contributed by atoms with Crippen LogP contribution in [0.2, 0.25) is 0 Å². The molecule has 0 amide bonds. The Morgan fingerprint density at radius 2 is 1.90 bits per heavy atom. The molecule has 3 aliphatic heterocycles. The van der Waals surface area contributed by atoms with Crippen LogP contribution in [0.15, 0.2) is 0 Å². The van der Waals surface area contributed by atoms with Gasteiger partial charge in [-0.15, -0.1) is 11.6 Å². The second-order valence-electron chi connectivity index (χ2n) is 3.32. The minimum atomic E-state index is 0.118. The molecule has 3 aliphatic rings. The fourth-order valence-corrected chi connectivity index (χ4v) is 2.42. The van der Waals surface area contributed by atoms with Crippen LogP contribution in [-0.4, -0.2) is 29.5 Å². The van der Waals surface area contributed by atoms with Crippen molar-refractivity contribution in [1.29, 1.82) is 0 Å². The van der Waals surface area contributed by atoms with Gasteiger partial charge < -0.3 is 5.73 Å². The van der Waals surface area contributed by atoms with Gasteiger partial charge in [0.1, 0.15) is 5.50 Å². The molecule has 0 aromatic carbocycles. The molecular weight excluding hydrogens is 148 g/mol. The van der Waals surface area contributed by atoms with Crippen LogP contribution in [0.1, 0.15) is 12.8 Å². The Balaban J connectivity index is 2.13. The molecule has 0 radical (unpaired) electrons. The van der Waals surface area contributed by atoms with Gasteiger partial charge in [-0.1, -0.05) is 0 Å². The summed E-state index contributed by atoms with van der Waals surface area (Å²) in [6.07, 6.45) is 2.51. The smallest absolute Gasteiger partial charge is 0.101 e. The summed E-state index contributed by atoms with van der Waals surface area (Å²) in [6, 6.07) is 0.226. The molecule has 1 unspecified atom stereocenters. The second-order valence-corrected chi connectivity index (χ2v) is 3.77. The number of nitrogens with zero attached hydrogens (tertiary/aromatic N) is 1. The monoisotopic (exact) mass is 160 g/mol. The van der Waals surface area contributed by atoms with E-state index in [0.717, 1.165) is 13.1 Å². The first-order chi connectivity index (χ1) is 4.79. The fraction of sp³-hybridized carbons (Fsp3) is 1.00. The Hall–Kier alpha value is 0.210. The van der Waals surface area contributed by atoms with Crippen LogP contribution in [0.3, 0.4) is 0 Å². The molecule has 3 rings (SSSR count). The van der Waals surface area contributed by atoms with Crippen LogP contribution in [0, 0.1) is 5.92 Å². The maximum absolute atomic E-state index is 6.06. The molecule has 3 heteroatoms. The number of nitrogens with two attached hydrogens (primary N) is 1. The summed E-state index contributed by atoms with van der Waals surface area (Å²) in [5.74, 6) is 0.701. The Kier molecular flexibility index (Phi) is 1.63. The molecule has 3 saturated heterocycles. The Bertz CT molecular complexity index is 112. The highest BCUT2D eigenvalue weighted by Gasteiger charge is 2.38. The summed E-state index contributed by atoms with van der Waals surface area (Å²) in [4.78, 5) is 2.28. The van der Waals surface area contributed by atoms with Crippen molar-refractivity contribution < 1.29 is 0 Å². The van der Waals surface area contributed by atoms with Crippen LogP contribution in [0.5, 0.6) is 0 Å². The second kappa shape index (κ2) is 2.36. The van der Waals surface area contributed by atoms with E-state index in [9.17, 15) is 0 Å². The van der Waals surface area contributed by atoms with Gasteiger partial charge in [-0.25, -0.2) is 0 Å². The zero-order valence-electron chi connectivity index (χ0n) is 5.96. The number of alkyl halides is 1. The molecule has 0 saturated carbocycles. The molecular formula is C7H13ClN2. The maximum atomic E-state index is 6.06. The van der Waals surface area contributed by atoms with Gasteiger partial charge in [-0.2, -0.15) is 0 Å². The van der Waals surface area contributed by atoms with Crippen LogP contribution in [-0.2, 0) is 0 Å². The van der Waals surface area contributed by atoms with Gasteiger partial charge in [0.15, 0.2) is 0 Å². The first kappa shape index (κ1) is 6.89. The molecule has 58 valence electrons. The Morgan fingerprint density at radius 1 is 1.30 bits per heavy atom. The first-order valence-electron chi connectivity index (χ1n) is 3.93. The van der Waals surface area contributed by atoms with Crippen LogP contribution in [0.25, 0.3) is 0 Å². The topological polar surface area (TPSA) is 29.3 Å². The minimum absolute atomic E-state index is 0.118. The lowest BCUT2D eigenvalue weighted by molar-refractivity contribution is 0.0682. The van der Waals surface area contributed by atoms with Gasteiger partial charge >= 0.3 is 0 Å². The first-order valence-corrected chi connectivity index (χ1v) is 4.36. The highest BCUT2D eigenvalue weighted by Crippen LogP contribution is 2.32. The lowest BCUT2D eigenvalue weighted by Crippen LogP contribution is -2.58. The van der Waals surface area contributed by atoms with Crippen LogP contribution in [0.4, 0.5) is 0 Å². The Morgan fingerprint density at radius 3 is 2.20 bits per heavy atom. The zero-order valence-corrected chi connectivity index (χ0v) is 6.72. The molecule has 10 heavy (non-hydrogen) atoms. The molecule has 2 nitrogen and oxygen atoms in total. The highest BCUT2D eigenvalue weighted by molar-refractivity contribution is 6.20. The molecule has 0 spiro atoms. The number of hydrogen-bond acceptors (Lipinski definition) is 2. The average Bonchev–Trinajstić information content (AvgIpc) is 2.00. The predicted molar refractivity (Wildman–Crippen MR) is 41.9 cm³/mol. The zero-order chi connectivity index (χ0) is 7.14. The third-order valence-electron chi connectivity index (χ3n) is 2.78.